The Hall–Kier alpha value is -3.20. The van der Waals surface area contributed by atoms with E-state index in [0.717, 1.165) is 5.39 Å². The van der Waals surface area contributed by atoms with Crippen LogP contribution in [0.1, 0.15) is 11.4 Å². The van der Waals surface area contributed by atoms with Gasteiger partial charge in [0.1, 0.15) is 17.5 Å². The van der Waals surface area contributed by atoms with Crippen LogP contribution >= 0.6 is 0 Å². The molecular weight excluding hydrogens is 266 g/mol. The normalized spacial score (nSPS) is 10.3. The van der Waals surface area contributed by atoms with Gasteiger partial charge in [-0.1, -0.05) is 0 Å². The third-order valence-corrected chi connectivity index (χ3v) is 2.91. The molecule has 21 heavy (non-hydrogen) atoms. The Labute approximate surface area is 120 Å². The molecule has 0 saturated carbocycles. The summed E-state index contributed by atoms with van der Waals surface area (Å²) in [6.07, 6.45) is 1.67. The zero-order valence-corrected chi connectivity index (χ0v) is 11.2. The molecule has 0 bridgehead atoms. The molecule has 2 N–H and O–H groups in total. The van der Waals surface area contributed by atoms with Gasteiger partial charge in [0.05, 0.1) is 11.2 Å². The van der Waals surface area contributed by atoms with Crippen LogP contribution in [-0.4, -0.2) is 15.0 Å². The Morgan fingerprint density at radius 1 is 1.24 bits per heavy atom. The summed E-state index contributed by atoms with van der Waals surface area (Å²) in [6.45, 7) is 1.78. The third kappa shape index (κ3) is 2.44. The van der Waals surface area contributed by atoms with E-state index in [-0.39, 0.29) is 11.7 Å². The van der Waals surface area contributed by atoms with Gasteiger partial charge in [-0.2, -0.15) is 10.2 Å². The standard InChI is InChI=1S/C15H11N5O/c1-9-7-10(8-16)20-15(19-9)21-13-5-4-12(17)14-11(13)3-2-6-18-14/h2-7H,17H2,1H3. The van der Waals surface area contributed by atoms with E-state index in [4.69, 9.17) is 15.7 Å². The van der Waals surface area contributed by atoms with E-state index in [2.05, 4.69) is 15.0 Å². The smallest absolute Gasteiger partial charge is 0.323 e. The fourth-order valence-electron chi connectivity index (χ4n) is 2.00. The molecule has 6 heteroatoms. The van der Waals surface area contributed by atoms with Gasteiger partial charge in [0.15, 0.2) is 0 Å². The molecule has 0 aliphatic carbocycles. The van der Waals surface area contributed by atoms with Crippen LogP contribution in [0.15, 0.2) is 36.5 Å². The summed E-state index contributed by atoms with van der Waals surface area (Å²) in [7, 11) is 0. The minimum atomic E-state index is 0.126. The van der Waals surface area contributed by atoms with Gasteiger partial charge in [-0.15, -0.1) is 0 Å². The molecule has 0 unspecified atom stereocenters. The van der Waals surface area contributed by atoms with Gasteiger partial charge in [0, 0.05) is 17.3 Å². The fraction of sp³-hybridized carbons (Fsp3) is 0.0667. The van der Waals surface area contributed by atoms with Crippen molar-refractivity contribution in [3.63, 3.8) is 0 Å². The Morgan fingerprint density at radius 2 is 2.10 bits per heavy atom. The number of fused-ring (bicyclic) bond motifs is 1. The van der Waals surface area contributed by atoms with E-state index in [1.165, 1.54) is 0 Å². The number of rotatable bonds is 2. The molecule has 1 aromatic carbocycles. The zero-order chi connectivity index (χ0) is 14.8. The van der Waals surface area contributed by atoms with E-state index >= 15 is 0 Å². The number of nitrogen functional groups attached to an aromatic ring is 1. The number of nitrogens with zero attached hydrogens (tertiary/aromatic N) is 4. The van der Waals surface area contributed by atoms with Crippen molar-refractivity contribution >= 4 is 16.6 Å². The van der Waals surface area contributed by atoms with E-state index < -0.39 is 0 Å². The first kappa shape index (κ1) is 12.8. The van der Waals surface area contributed by atoms with Gasteiger partial charge in [-0.25, -0.2) is 4.98 Å². The number of aryl methyl sites for hydroxylation is 1. The van der Waals surface area contributed by atoms with E-state index in [1.807, 2.05) is 12.1 Å². The maximum absolute atomic E-state index is 8.94. The van der Waals surface area contributed by atoms with Crippen LogP contribution < -0.4 is 10.5 Å². The molecule has 0 aliphatic rings. The van der Waals surface area contributed by atoms with Gasteiger partial charge in [-0.05, 0) is 37.3 Å². The molecule has 0 radical (unpaired) electrons. The van der Waals surface area contributed by atoms with Crippen LogP contribution in [0.2, 0.25) is 0 Å². The number of benzene rings is 1. The molecule has 102 valence electrons. The minimum Gasteiger partial charge on any atom is -0.424 e. The second kappa shape index (κ2) is 5.06. The summed E-state index contributed by atoms with van der Waals surface area (Å²) in [4.78, 5) is 12.4. The highest BCUT2D eigenvalue weighted by atomic mass is 16.5. The average molecular weight is 277 g/mol. The number of anilines is 1. The number of pyridine rings is 1. The molecule has 0 saturated heterocycles. The van der Waals surface area contributed by atoms with Crippen LogP contribution in [0.5, 0.6) is 11.8 Å². The highest BCUT2D eigenvalue weighted by molar-refractivity contribution is 5.93. The third-order valence-electron chi connectivity index (χ3n) is 2.91. The predicted octanol–water partition coefficient (Wildman–Crippen LogP) is 2.58. The average Bonchev–Trinajstić information content (AvgIpc) is 2.50. The maximum atomic E-state index is 8.94. The Kier molecular flexibility index (Phi) is 3.09. The predicted molar refractivity (Wildman–Crippen MR) is 77.7 cm³/mol. The molecule has 0 spiro atoms. The fourth-order valence-corrected chi connectivity index (χ4v) is 2.00. The number of nitrogens with two attached hydrogens (primary N) is 1. The molecule has 3 aromatic rings. The number of nitriles is 1. The molecule has 3 rings (SSSR count). The number of ether oxygens (including phenoxy) is 1. The Balaban J connectivity index is 2.09. The van der Waals surface area contributed by atoms with Crippen molar-refractivity contribution in [1.29, 1.82) is 5.26 Å². The van der Waals surface area contributed by atoms with Gasteiger partial charge >= 0.3 is 6.01 Å². The molecule has 0 amide bonds. The lowest BCUT2D eigenvalue weighted by atomic mass is 10.2. The van der Waals surface area contributed by atoms with Crippen molar-refractivity contribution in [1.82, 2.24) is 15.0 Å². The summed E-state index contributed by atoms with van der Waals surface area (Å²) in [5, 5.41) is 9.70. The zero-order valence-electron chi connectivity index (χ0n) is 11.2. The molecule has 0 fully saturated rings. The van der Waals surface area contributed by atoms with Crippen molar-refractivity contribution in [2.45, 2.75) is 6.92 Å². The highest BCUT2D eigenvalue weighted by Gasteiger charge is 2.09. The molecule has 0 atom stereocenters. The highest BCUT2D eigenvalue weighted by Crippen LogP contribution is 2.30. The van der Waals surface area contributed by atoms with Crippen molar-refractivity contribution in [3.8, 4) is 17.8 Å². The van der Waals surface area contributed by atoms with Crippen molar-refractivity contribution in [2.24, 2.45) is 0 Å². The van der Waals surface area contributed by atoms with Crippen LogP contribution in [0, 0.1) is 18.3 Å². The first-order valence-electron chi connectivity index (χ1n) is 6.24. The molecule has 2 aromatic heterocycles. The monoisotopic (exact) mass is 277 g/mol. The van der Waals surface area contributed by atoms with Gasteiger partial charge < -0.3 is 10.5 Å². The maximum Gasteiger partial charge on any atom is 0.323 e. The lowest BCUT2D eigenvalue weighted by Crippen LogP contribution is -1.98. The van der Waals surface area contributed by atoms with Gasteiger partial charge in [-0.3, -0.25) is 4.98 Å². The Morgan fingerprint density at radius 3 is 2.90 bits per heavy atom. The van der Waals surface area contributed by atoms with E-state index in [9.17, 15) is 0 Å². The molecule has 0 aliphatic heterocycles. The lowest BCUT2D eigenvalue weighted by molar-refractivity contribution is 0.444. The lowest BCUT2D eigenvalue weighted by Gasteiger charge is -2.09. The number of hydrogen-bond donors (Lipinski definition) is 1. The molecule has 6 nitrogen and oxygen atoms in total. The van der Waals surface area contributed by atoms with Crippen LogP contribution in [0.4, 0.5) is 5.69 Å². The molecule has 2 heterocycles. The van der Waals surface area contributed by atoms with Crippen LogP contribution in [0.3, 0.4) is 0 Å². The van der Waals surface area contributed by atoms with Crippen LogP contribution in [-0.2, 0) is 0 Å². The van der Waals surface area contributed by atoms with Crippen molar-refractivity contribution < 1.29 is 4.74 Å². The number of aromatic nitrogens is 3. The summed E-state index contributed by atoms with van der Waals surface area (Å²) in [6, 6.07) is 10.8. The Bertz CT molecular complexity index is 870. The first-order valence-corrected chi connectivity index (χ1v) is 6.24. The second-order valence-corrected chi connectivity index (χ2v) is 4.44. The first-order chi connectivity index (χ1) is 10.2. The van der Waals surface area contributed by atoms with E-state index in [1.54, 1.807) is 37.4 Å². The van der Waals surface area contributed by atoms with Crippen molar-refractivity contribution in [3.05, 3.63) is 47.9 Å². The van der Waals surface area contributed by atoms with E-state index in [0.29, 0.717) is 22.6 Å². The van der Waals surface area contributed by atoms with Gasteiger partial charge in [0.2, 0.25) is 0 Å². The summed E-state index contributed by atoms with van der Waals surface area (Å²) in [5.41, 5.74) is 8.04. The van der Waals surface area contributed by atoms with Crippen LogP contribution in [0.25, 0.3) is 10.9 Å². The topological polar surface area (TPSA) is 97.7 Å². The van der Waals surface area contributed by atoms with Crippen molar-refractivity contribution in [2.75, 3.05) is 5.73 Å². The van der Waals surface area contributed by atoms with Gasteiger partial charge in [0.25, 0.3) is 0 Å². The number of hydrogen-bond acceptors (Lipinski definition) is 6. The summed E-state index contributed by atoms with van der Waals surface area (Å²) in [5.74, 6) is 0.543. The largest absolute Gasteiger partial charge is 0.424 e. The second-order valence-electron chi connectivity index (χ2n) is 4.44. The molecular formula is C15H11N5O. The summed E-state index contributed by atoms with van der Waals surface area (Å²) < 4.78 is 5.70. The summed E-state index contributed by atoms with van der Waals surface area (Å²) >= 11 is 0. The quantitative estimate of drug-likeness (QED) is 0.723. The SMILES string of the molecule is Cc1cc(C#N)nc(Oc2ccc(N)c3ncccc23)n1. The minimum absolute atomic E-state index is 0.126.